The first-order chi connectivity index (χ1) is 15.7. The van der Waals surface area contributed by atoms with Crippen molar-refractivity contribution < 1.29 is 35.5 Å². The van der Waals surface area contributed by atoms with E-state index >= 15 is 0 Å². The van der Waals surface area contributed by atoms with Gasteiger partial charge in [0.15, 0.2) is 0 Å². The van der Waals surface area contributed by atoms with Gasteiger partial charge in [-0.25, -0.2) is 17.4 Å². The number of pyridine rings is 1. The molecule has 0 bridgehead atoms. The number of rotatable bonds is 5. The Balaban J connectivity index is 1.74. The molecule has 4 aromatic rings. The van der Waals surface area contributed by atoms with E-state index in [0.29, 0.717) is 32.6 Å². The van der Waals surface area contributed by atoms with Gasteiger partial charge in [-0.15, -0.1) is 0 Å². The lowest BCUT2D eigenvalue weighted by atomic mass is 10.00. The second-order valence-corrected chi connectivity index (χ2v) is 8.26. The molecule has 1 heterocycles. The van der Waals surface area contributed by atoms with Crippen molar-refractivity contribution in [3.8, 4) is 17.0 Å². The summed E-state index contributed by atoms with van der Waals surface area (Å²) in [4.78, 5) is 4.23. The number of nitrogens with zero attached hydrogens (tertiary/aromatic N) is 1. The van der Waals surface area contributed by atoms with Gasteiger partial charge >= 0.3 is 0 Å². The van der Waals surface area contributed by atoms with Gasteiger partial charge in [-0.3, -0.25) is 4.98 Å². The number of fused-ring (bicyclic) bond motifs is 1. The van der Waals surface area contributed by atoms with Gasteiger partial charge in [0.25, 0.3) is 0 Å². The van der Waals surface area contributed by atoms with Gasteiger partial charge in [0, 0.05) is 22.2 Å². The van der Waals surface area contributed by atoms with Crippen LogP contribution in [0.5, 0.6) is 5.75 Å². The van der Waals surface area contributed by atoms with Gasteiger partial charge < -0.3 is 9.29 Å². The van der Waals surface area contributed by atoms with E-state index in [0.717, 1.165) is 0 Å². The molecule has 1 N–H and O–H groups in total. The van der Waals surface area contributed by atoms with Crippen molar-refractivity contribution in [2.24, 2.45) is 0 Å². The number of hydrogen-bond donors (Lipinski definition) is 1. The highest BCUT2D eigenvalue weighted by Gasteiger charge is 2.29. The molecule has 1 atom stereocenters. The molecule has 0 aliphatic heterocycles. The molecule has 33 heavy (non-hydrogen) atoms. The predicted octanol–water partition coefficient (Wildman–Crippen LogP) is 5.84. The molecule has 11 heteroatoms. The van der Waals surface area contributed by atoms with Crippen molar-refractivity contribution in [3.05, 3.63) is 88.3 Å². The molecule has 1 unspecified atom stereocenters. The highest BCUT2D eigenvalue weighted by molar-refractivity contribution is 7.80. The monoisotopic (exact) mass is 499 g/mol. The first-order valence-corrected chi connectivity index (χ1v) is 10.6. The van der Waals surface area contributed by atoms with E-state index in [9.17, 15) is 31.3 Å². The Morgan fingerprint density at radius 3 is 2.24 bits per heavy atom. The summed E-state index contributed by atoms with van der Waals surface area (Å²) >= 11 is 3.37. The van der Waals surface area contributed by atoms with Crippen LogP contribution >= 0.6 is 11.6 Å². The maximum Gasteiger partial charge on any atom is 0.240 e. The molecule has 0 spiro atoms. The molecule has 4 rings (SSSR count). The van der Waals surface area contributed by atoms with Crippen LogP contribution in [0.1, 0.15) is 5.56 Å². The standard InChI is InChI=1S/C22H11ClF5NO3S/c23-12-1-3-15(11(7-12)9-30)21-14-4-2-13(8-10(14)5-6-29-21)33(31)32-22-19(27)17(25)16(24)18(26)20(22)28/h1-8,30H,9H2. The number of aliphatic hydroxyl groups is 1. The lowest BCUT2D eigenvalue weighted by molar-refractivity contribution is 0.282. The second-order valence-electron chi connectivity index (χ2n) is 6.72. The van der Waals surface area contributed by atoms with Gasteiger partial charge in [0.1, 0.15) is 0 Å². The summed E-state index contributed by atoms with van der Waals surface area (Å²) in [7, 11) is 0. The van der Waals surface area contributed by atoms with E-state index in [1.165, 1.54) is 24.4 Å². The van der Waals surface area contributed by atoms with Crippen LogP contribution in [0, 0.1) is 29.1 Å². The zero-order valence-corrected chi connectivity index (χ0v) is 17.8. The SMILES string of the molecule is O=S(Oc1c(F)c(F)c(F)c(F)c1F)c1ccc2c(-c3ccc(Cl)cc3CO)nccc2c1. The molecular formula is C22H11ClF5NO3S. The first-order valence-electron chi connectivity index (χ1n) is 9.13. The molecule has 0 saturated carbocycles. The summed E-state index contributed by atoms with van der Waals surface area (Å²) < 4.78 is 84.8. The molecular weight excluding hydrogens is 489 g/mol. The van der Waals surface area contributed by atoms with Crippen LogP contribution in [-0.2, 0) is 17.7 Å². The Morgan fingerprint density at radius 1 is 0.909 bits per heavy atom. The normalized spacial score (nSPS) is 12.2. The molecule has 1 aromatic heterocycles. The first kappa shape index (κ1) is 23.1. The fourth-order valence-electron chi connectivity index (χ4n) is 3.18. The highest BCUT2D eigenvalue weighted by Crippen LogP contribution is 2.33. The quantitative estimate of drug-likeness (QED) is 0.213. The van der Waals surface area contributed by atoms with E-state index in [1.807, 2.05) is 0 Å². The topological polar surface area (TPSA) is 59.4 Å². The van der Waals surface area contributed by atoms with Crippen molar-refractivity contribution in [1.29, 1.82) is 0 Å². The zero-order valence-electron chi connectivity index (χ0n) is 16.2. The molecule has 3 aromatic carbocycles. The molecule has 170 valence electrons. The molecule has 0 saturated heterocycles. The van der Waals surface area contributed by atoms with Gasteiger partial charge in [-0.05, 0) is 41.3 Å². The van der Waals surface area contributed by atoms with Crippen molar-refractivity contribution in [1.82, 2.24) is 4.98 Å². The van der Waals surface area contributed by atoms with Crippen LogP contribution in [0.3, 0.4) is 0 Å². The fourth-order valence-corrected chi connectivity index (χ4v) is 4.17. The Morgan fingerprint density at radius 2 is 1.58 bits per heavy atom. The maximum atomic E-state index is 13.9. The molecule has 4 nitrogen and oxygen atoms in total. The summed E-state index contributed by atoms with van der Waals surface area (Å²) in [6.07, 6.45) is 1.45. The summed E-state index contributed by atoms with van der Waals surface area (Å²) in [5, 5.41) is 11.1. The molecule has 0 amide bonds. The average Bonchev–Trinajstić information content (AvgIpc) is 2.83. The molecule has 0 fully saturated rings. The third kappa shape index (κ3) is 4.17. The Hall–Kier alpha value is -3.08. The third-order valence-electron chi connectivity index (χ3n) is 4.75. The smallest absolute Gasteiger partial charge is 0.240 e. The number of hydrogen-bond acceptors (Lipinski definition) is 4. The minimum Gasteiger partial charge on any atom is -0.392 e. The van der Waals surface area contributed by atoms with Gasteiger partial charge in [-0.1, -0.05) is 23.7 Å². The van der Waals surface area contributed by atoms with Crippen molar-refractivity contribution in [3.63, 3.8) is 0 Å². The predicted molar refractivity (Wildman–Crippen MR) is 111 cm³/mol. The summed E-state index contributed by atoms with van der Waals surface area (Å²) in [5.74, 6) is -12.9. The number of benzene rings is 3. The number of aliphatic hydroxyl groups excluding tert-OH is 1. The molecule has 0 aliphatic rings. The van der Waals surface area contributed by atoms with Crippen LogP contribution in [0.2, 0.25) is 5.02 Å². The third-order valence-corrected chi connectivity index (χ3v) is 5.94. The zero-order chi connectivity index (χ0) is 23.9. The van der Waals surface area contributed by atoms with E-state index in [2.05, 4.69) is 9.17 Å². The van der Waals surface area contributed by atoms with Crippen molar-refractivity contribution >= 4 is 33.5 Å². The second kappa shape index (κ2) is 9.05. The van der Waals surface area contributed by atoms with Crippen LogP contribution in [0.15, 0.2) is 53.6 Å². The number of aromatic nitrogens is 1. The van der Waals surface area contributed by atoms with Gasteiger partial charge in [-0.2, -0.15) is 8.78 Å². The Labute approximate surface area is 190 Å². The lowest BCUT2D eigenvalue weighted by Crippen LogP contribution is -2.09. The summed E-state index contributed by atoms with van der Waals surface area (Å²) in [5.41, 5.74) is 1.59. The van der Waals surface area contributed by atoms with Crippen LogP contribution in [0.4, 0.5) is 22.0 Å². The lowest BCUT2D eigenvalue weighted by Gasteiger charge is -2.12. The maximum absolute atomic E-state index is 13.9. The van der Waals surface area contributed by atoms with Crippen molar-refractivity contribution in [2.45, 2.75) is 11.5 Å². The van der Waals surface area contributed by atoms with E-state index < -0.39 is 45.9 Å². The largest absolute Gasteiger partial charge is 0.392 e. The van der Waals surface area contributed by atoms with Crippen LogP contribution < -0.4 is 4.18 Å². The molecule has 0 aliphatic carbocycles. The van der Waals surface area contributed by atoms with Crippen molar-refractivity contribution in [2.75, 3.05) is 0 Å². The highest BCUT2D eigenvalue weighted by atomic mass is 35.5. The minimum atomic E-state index is -2.61. The summed E-state index contributed by atoms with van der Waals surface area (Å²) in [6.45, 7) is -0.300. The molecule has 0 radical (unpaired) electrons. The average molecular weight is 500 g/mol. The van der Waals surface area contributed by atoms with E-state index in [4.69, 9.17) is 11.6 Å². The van der Waals surface area contributed by atoms with Crippen LogP contribution in [0.25, 0.3) is 22.0 Å². The van der Waals surface area contributed by atoms with Gasteiger partial charge in [0.05, 0.1) is 17.2 Å². The van der Waals surface area contributed by atoms with E-state index in [-0.39, 0.29) is 11.5 Å². The van der Waals surface area contributed by atoms with E-state index in [1.54, 1.807) is 24.3 Å². The minimum absolute atomic E-state index is 0.0953. The Bertz CT molecular complexity index is 1400. The Kier molecular flexibility index (Phi) is 6.33. The van der Waals surface area contributed by atoms with Gasteiger partial charge in [0.2, 0.25) is 45.9 Å². The number of halogens is 6. The summed E-state index contributed by atoms with van der Waals surface area (Å²) in [6, 6.07) is 10.6. The van der Waals surface area contributed by atoms with Crippen LogP contribution in [-0.4, -0.2) is 14.3 Å². The fraction of sp³-hybridized carbons (Fsp3) is 0.0455.